The standard InChI is InChI=1S/C17H17N3/c1-13-16(12-18-19-14-8-4-3-5-9-14)15-10-6-7-11-17(15)20(13)2/h3-12,19H,1-2H3/b18-12+. The van der Waals surface area contributed by atoms with Gasteiger partial charge in [0.25, 0.3) is 0 Å². The normalized spacial score (nSPS) is 11.3. The smallest absolute Gasteiger partial charge is 0.0569 e. The zero-order valence-corrected chi connectivity index (χ0v) is 11.7. The molecule has 0 saturated carbocycles. The van der Waals surface area contributed by atoms with Crippen LogP contribution in [0, 0.1) is 6.92 Å². The zero-order chi connectivity index (χ0) is 13.9. The zero-order valence-electron chi connectivity index (χ0n) is 11.7. The van der Waals surface area contributed by atoms with Crippen molar-refractivity contribution in [3.8, 4) is 0 Å². The molecular weight excluding hydrogens is 246 g/mol. The fourth-order valence-electron chi connectivity index (χ4n) is 2.40. The number of hydrazone groups is 1. The van der Waals surface area contributed by atoms with Gasteiger partial charge in [-0.05, 0) is 25.1 Å². The SMILES string of the molecule is Cc1c(/C=N/Nc2ccccc2)c2ccccc2n1C. The highest BCUT2D eigenvalue weighted by Crippen LogP contribution is 2.23. The van der Waals surface area contributed by atoms with Crippen LogP contribution in [-0.4, -0.2) is 10.8 Å². The van der Waals surface area contributed by atoms with Crippen molar-refractivity contribution < 1.29 is 0 Å². The molecule has 100 valence electrons. The number of para-hydroxylation sites is 2. The highest BCUT2D eigenvalue weighted by Gasteiger charge is 2.08. The topological polar surface area (TPSA) is 29.3 Å². The van der Waals surface area contributed by atoms with Crippen molar-refractivity contribution >= 4 is 22.8 Å². The van der Waals surface area contributed by atoms with Gasteiger partial charge in [-0.1, -0.05) is 36.4 Å². The molecule has 1 N–H and O–H groups in total. The molecule has 0 aliphatic carbocycles. The third-order valence-electron chi connectivity index (χ3n) is 3.61. The highest BCUT2D eigenvalue weighted by molar-refractivity contribution is 6.01. The third-order valence-corrected chi connectivity index (χ3v) is 3.61. The summed E-state index contributed by atoms with van der Waals surface area (Å²) >= 11 is 0. The van der Waals surface area contributed by atoms with E-state index in [0.717, 1.165) is 11.3 Å². The van der Waals surface area contributed by atoms with Crippen molar-refractivity contribution in [1.82, 2.24) is 4.57 Å². The van der Waals surface area contributed by atoms with Gasteiger partial charge in [-0.3, -0.25) is 5.43 Å². The molecule has 20 heavy (non-hydrogen) atoms. The van der Waals surface area contributed by atoms with E-state index in [4.69, 9.17) is 0 Å². The molecule has 3 nitrogen and oxygen atoms in total. The van der Waals surface area contributed by atoms with Gasteiger partial charge >= 0.3 is 0 Å². The Morgan fingerprint density at radius 1 is 1.00 bits per heavy atom. The number of anilines is 1. The van der Waals surface area contributed by atoms with Crippen LogP contribution >= 0.6 is 0 Å². The van der Waals surface area contributed by atoms with Crippen LogP contribution in [-0.2, 0) is 7.05 Å². The molecule has 0 fully saturated rings. The lowest BCUT2D eigenvalue weighted by atomic mass is 10.1. The van der Waals surface area contributed by atoms with E-state index < -0.39 is 0 Å². The summed E-state index contributed by atoms with van der Waals surface area (Å²) in [4.78, 5) is 0. The molecule has 3 rings (SSSR count). The molecule has 0 saturated heterocycles. The maximum absolute atomic E-state index is 4.35. The van der Waals surface area contributed by atoms with E-state index in [0.29, 0.717) is 0 Å². The number of benzene rings is 2. The van der Waals surface area contributed by atoms with Gasteiger partial charge in [0.1, 0.15) is 0 Å². The van der Waals surface area contributed by atoms with Gasteiger partial charge in [0.15, 0.2) is 0 Å². The Morgan fingerprint density at radius 3 is 2.50 bits per heavy atom. The summed E-state index contributed by atoms with van der Waals surface area (Å²) in [5.41, 5.74) is 7.64. The lowest BCUT2D eigenvalue weighted by Crippen LogP contribution is -1.94. The quantitative estimate of drug-likeness (QED) is 0.563. The fraction of sp³-hybridized carbons (Fsp3) is 0.118. The van der Waals surface area contributed by atoms with Gasteiger partial charge in [-0.15, -0.1) is 0 Å². The van der Waals surface area contributed by atoms with E-state index in [-0.39, 0.29) is 0 Å². The monoisotopic (exact) mass is 263 g/mol. The molecule has 0 radical (unpaired) electrons. The first-order valence-corrected chi connectivity index (χ1v) is 6.65. The molecule has 0 unspecified atom stereocenters. The average molecular weight is 263 g/mol. The van der Waals surface area contributed by atoms with Crippen molar-refractivity contribution in [2.75, 3.05) is 5.43 Å². The first kappa shape index (κ1) is 12.5. The van der Waals surface area contributed by atoms with Crippen molar-refractivity contribution in [3.05, 3.63) is 65.9 Å². The largest absolute Gasteiger partial charge is 0.347 e. The van der Waals surface area contributed by atoms with E-state index in [1.165, 1.54) is 16.6 Å². The molecule has 3 aromatic rings. The maximum Gasteiger partial charge on any atom is 0.0569 e. The molecule has 1 aromatic heterocycles. The molecule has 3 heteroatoms. The fourth-order valence-corrected chi connectivity index (χ4v) is 2.40. The van der Waals surface area contributed by atoms with E-state index >= 15 is 0 Å². The van der Waals surface area contributed by atoms with Crippen molar-refractivity contribution in [1.29, 1.82) is 0 Å². The number of aryl methyl sites for hydroxylation is 1. The molecule has 2 aromatic carbocycles. The van der Waals surface area contributed by atoms with Crippen molar-refractivity contribution in [2.45, 2.75) is 6.92 Å². The van der Waals surface area contributed by atoms with Gasteiger partial charge < -0.3 is 4.57 Å². The third kappa shape index (κ3) is 2.18. The number of fused-ring (bicyclic) bond motifs is 1. The van der Waals surface area contributed by atoms with E-state index in [2.05, 4.69) is 53.3 Å². The summed E-state index contributed by atoms with van der Waals surface area (Å²) in [5.74, 6) is 0. The predicted molar refractivity (Wildman–Crippen MR) is 85.3 cm³/mol. The van der Waals surface area contributed by atoms with Crippen LogP contribution in [0.4, 0.5) is 5.69 Å². The minimum absolute atomic E-state index is 0.988. The van der Waals surface area contributed by atoms with Gasteiger partial charge in [0.05, 0.1) is 11.9 Å². The molecule has 0 atom stereocenters. The Balaban J connectivity index is 1.93. The van der Waals surface area contributed by atoms with Crippen LogP contribution in [0.2, 0.25) is 0 Å². The van der Waals surface area contributed by atoms with Gasteiger partial charge in [-0.25, -0.2) is 0 Å². The predicted octanol–water partition coefficient (Wildman–Crippen LogP) is 3.93. The second kappa shape index (κ2) is 5.21. The van der Waals surface area contributed by atoms with E-state index in [1.807, 2.05) is 36.5 Å². The lowest BCUT2D eigenvalue weighted by Gasteiger charge is -1.99. The summed E-state index contributed by atoms with van der Waals surface area (Å²) in [6.45, 7) is 2.11. The number of hydrogen-bond acceptors (Lipinski definition) is 2. The van der Waals surface area contributed by atoms with Crippen molar-refractivity contribution in [2.24, 2.45) is 12.1 Å². The highest BCUT2D eigenvalue weighted by atomic mass is 15.3. The van der Waals surface area contributed by atoms with Gasteiger partial charge in [-0.2, -0.15) is 5.10 Å². The Kier molecular flexibility index (Phi) is 3.25. The summed E-state index contributed by atoms with van der Waals surface area (Å²) in [7, 11) is 2.08. The van der Waals surface area contributed by atoms with Gasteiger partial charge in [0, 0.05) is 29.2 Å². The van der Waals surface area contributed by atoms with Gasteiger partial charge in [0.2, 0.25) is 0 Å². The molecule has 0 bridgehead atoms. The summed E-state index contributed by atoms with van der Waals surface area (Å²) in [5, 5.41) is 5.58. The average Bonchev–Trinajstić information content (AvgIpc) is 2.74. The lowest BCUT2D eigenvalue weighted by molar-refractivity contribution is 0.916. The van der Waals surface area contributed by atoms with E-state index in [9.17, 15) is 0 Å². The number of rotatable bonds is 3. The molecule has 0 aliphatic rings. The van der Waals surface area contributed by atoms with Crippen LogP contribution in [0.5, 0.6) is 0 Å². The second-order valence-electron chi connectivity index (χ2n) is 4.81. The molecule has 0 amide bonds. The number of aromatic nitrogens is 1. The van der Waals surface area contributed by atoms with Crippen LogP contribution < -0.4 is 5.43 Å². The Labute approximate surface area is 118 Å². The minimum atomic E-state index is 0.988. The number of hydrogen-bond donors (Lipinski definition) is 1. The second-order valence-corrected chi connectivity index (χ2v) is 4.81. The Bertz CT molecular complexity index is 755. The molecular formula is C17H17N3. The van der Waals surface area contributed by atoms with Crippen LogP contribution in [0.3, 0.4) is 0 Å². The Morgan fingerprint density at radius 2 is 1.70 bits per heavy atom. The molecule has 1 heterocycles. The van der Waals surface area contributed by atoms with E-state index in [1.54, 1.807) is 0 Å². The first-order chi connectivity index (χ1) is 9.77. The Hall–Kier alpha value is -2.55. The first-order valence-electron chi connectivity index (χ1n) is 6.65. The van der Waals surface area contributed by atoms with Crippen LogP contribution in [0.25, 0.3) is 10.9 Å². The minimum Gasteiger partial charge on any atom is -0.347 e. The van der Waals surface area contributed by atoms with Crippen LogP contribution in [0.1, 0.15) is 11.3 Å². The number of nitrogens with one attached hydrogen (secondary N) is 1. The molecule has 0 aliphatic heterocycles. The maximum atomic E-state index is 4.35. The van der Waals surface area contributed by atoms with Crippen molar-refractivity contribution in [3.63, 3.8) is 0 Å². The summed E-state index contributed by atoms with van der Waals surface area (Å²) < 4.78 is 2.19. The summed E-state index contributed by atoms with van der Waals surface area (Å²) in [6.07, 6.45) is 1.89. The van der Waals surface area contributed by atoms with Crippen LogP contribution in [0.15, 0.2) is 59.7 Å². The molecule has 0 spiro atoms. The summed E-state index contributed by atoms with van der Waals surface area (Å²) in [6, 6.07) is 18.3. The number of nitrogens with zero attached hydrogens (tertiary/aromatic N) is 2.